The fraction of sp³-hybridized carbons (Fsp3) is 0.360. The number of aromatic nitrogens is 6. The highest BCUT2D eigenvalue weighted by atomic mass is 16.5. The maximum absolute atomic E-state index is 9.33. The molecule has 0 spiro atoms. The predicted molar refractivity (Wildman–Crippen MR) is 128 cm³/mol. The van der Waals surface area contributed by atoms with Crippen LogP contribution in [0.25, 0.3) is 22.3 Å². The first-order valence-electron chi connectivity index (χ1n) is 11.4. The number of hydrogen-bond acceptors (Lipinski definition) is 8. The average molecular weight is 455 g/mol. The molecule has 34 heavy (non-hydrogen) atoms. The molecule has 1 aliphatic heterocycles. The second kappa shape index (κ2) is 9.06. The van der Waals surface area contributed by atoms with Gasteiger partial charge < -0.3 is 14.2 Å². The van der Waals surface area contributed by atoms with Crippen LogP contribution in [-0.4, -0.2) is 49.4 Å². The van der Waals surface area contributed by atoms with Crippen molar-refractivity contribution in [3.8, 4) is 23.2 Å². The van der Waals surface area contributed by atoms with E-state index in [9.17, 15) is 5.26 Å². The molecule has 0 radical (unpaired) electrons. The lowest BCUT2D eigenvalue weighted by molar-refractivity contribution is 0.337. The van der Waals surface area contributed by atoms with Crippen LogP contribution in [0.1, 0.15) is 30.4 Å². The van der Waals surface area contributed by atoms with Crippen LogP contribution in [0, 0.1) is 24.2 Å². The molecule has 1 aliphatic rings. The summed E-state index contributed by atoms with van der Waals surface area (Å²) in [5.74, 6) is 3.12. The summed E-state index contributed by atoms with van der Waals surface area (Å²) in [5, 5.41) is 18.5. The topological polar surface area (TPSA) is 106 Å². The van der Waals surface area contributed by atoms with Gasteiger partial charge in [-0.2, -0.15) is 5.26 Å². The Morgan fingerprint density at radius 1 is 1.24 bits per heavy atom. The number of hydrogen-bond donors (Lipinski definition) is 0. The molecule has 172 valence electrons. The summed E-state index contributed by atoms with van der Waals surface area (Å²) >= 11 is 0. The van der Waals surface area contributed by atoms with Gasteiger partial charge in [0, 0.05) is 55.0 Å². The molecule has 0 bridgehead atoms. The summed E-state index contributed by atoms with van der Waals surface area (Å²) in [4.78, 5) is 16.5. The molecular formula is C25H26N8O. The minimum Gasteiger partial charge on any atom is -0.494 e. The number of nitrogens with zero attached hydrogens (tertiary/aromatic N) is 8. The van der Waals surface area contributed by atoms with Crippen LogP contribution in [0.3, 0.4) is 0 Å². The van der Waals surface area contributed by atoms with Crippen LogP contribution in [0.15, 0.2) is 36.8 Å². The molecule has 9 heteroatoms. The Morgan fingerprint density at radius 3 is 2.85 bits per heavy atom. The van der Waals surface area contributed by atoms with Gasteiger partial charge in [-0.3, -0.25) is 0 Å². The highest BCUT2D eigenvalue weighted by Gasteiger charge is 2.25. The minimum atomic E-state index is 0.0276. The van der Waals surface area contributed by atoms with Gasteiger partial charge >= 0.3 is 0 Å². The Kier molecular flexibility index (Phi) is 5.80. The lowest BCUT2D eigenvalue weighted by Crippen LogP contribution is -2.21. The predicted octanol–water partition coefficient (Wildman–Crippen LogP) is 3.47. The number of aryl methyl sites for hydroxylation is 2. The molecule has 3 aromatic heterocycles. The molecule has 1 fully saturated rings. The van der Waals surface area contributed by atoms with E-state index in [0.717, 1.165) is 58.1 Å². The van der Waals surface area contributed by atoms with Gasteiger partial charge in [-0.1, -0.05) is 12.1 Å². The molecule has 0 amide bonds. The van der Waals surface area contributed by atoms with Gasteiger partial charge in [-0.25, -0.2) is 15.0 Å². The van der Waals surface area contributed by atoms with Crippen LogP contribution in [-0.2, 0) is 13.5 Å². The van der Waals surface area contributed by atoms with E-state index in [1.165, 1.54) is 0 Å². The van der Waals surface area contributed by atoms with Crippen molar-refractivity contribution in [2.75, 3.05) is 24.6 Å². The van der Waals surface area contributed by atoms with Crippen molar-refractivity contribution in [3.05, 3.63) is 53.9 Å². The molecule has 4 heterocycles. The molecule has 4 aromatic rings. The molecule has 0 N–H and O–H groups in total. The van der Waals surface area contributed by atoms with Crippen LogP contribution in [0.2, 0.25) is 0 Å². The Morgan fingerprint density at radius 2 is 2.12 bits per heavy atom. The third kappa shape index (κ3) is 4.15. The van der Waals surface area contributed by atoms with E-state index < -0.39 is 0 Å². The van der Waals surface area contributed by atoms with Crippen LogP contribution < -0.4 is 9.64 Å². The van der Waals surface area contributed by atoms with Crippen molar-refractivity contribution in [3.63, 3.8) is 0 Å². The largest absolute Gasteiger partial charge is 0.494 e. The van der Waals surface area contributed by atoms with Crippen LogP contribution in [0.4, 0.5) is 5.82 Å². The normalized spacial score (nSPS) is 15.6. The third-order valence-electron chi connectivity index (χ3n) is 6.08. The summed E-state index contributed by atoms with van der Waals surface area (Å²) in [6.45, 7) is 5.98. The molecule has 1 atom stereocenters. The Balaban J connectivity index is 1.50. The third-order valence-corrected chi connectivity index (χ3v) is 6.08. The quantitative estimate of drug-likeness (QED) is 0.436. The number of rotatable bonds is 6. The van der Waals surface area contributed by atoms with Crippen molar-refractivity contribution >= 4 is 16.7 Å². The van der Waals surface area contributed by atoms with E-state index in [1.807, 2.05) is 55.9 Å². The first-order valence-corrected chi connectivity index (χ1v) is 11.4. The van der Waals surface area contributed by atoms with Crippen molar-refractivity contribution in [2.24, 2.45) is 13.0 Å². The number of fused-ring (bicyclic) bond motifs is 1. The molecule has 1 aromatic carbocycles. The first kappa shape index (κ1) is 21.8. The number of nitriles is 1. The molecular weight excluding hydrogens is 428 g/mol. The van der Waals surface area contributed by atoms with E-state index in [-0.39, 0.29) is 5.92 Å². The van der Waals surface area contributed by atoms with E-state index >= 15 is 0 Å². The summed E-state index contributed by atoms with van der Waals surface area (Å²) in [6.07, 6.45) is 4.92. The lowest BCUT2D eigenvalue weighted by atomic mass is 10.1. The molecule has 0 aliphatic carbocycles. The zero-order valence-electron chi connectivity index (χ0n) is 19.6. The smallest absolute Gasteiger partial charge is 0.163 e. The van der Waals surface area contributed by atoms with Crippen molar-refractivity contribution in [1.82, 2.24) is 29.7 Å². The maximum atomic E-state index is 9.33. The second-order valence-corrected chi connectivity index (χ2v) is 8.57. The van der Waals surface area contributed by atoms with Crippen LogP contribution in [0.5, 0.6) is 5.75 Å². The summed E-state index contributed by atoms with van der Waals surface area (Å²) < 4.78 is 7.83. The standard InChI is InChI=1S/C25H26N8O/c1-4-34-21-10-19(24-31-28-15-32(24)3)6-5-18(21)11-22-27-13-20-9-16(2)29-25(23(20)30-22)33-8-7-17(12-26)14-33/h5-6,9-10,13,15,17H,4,7-8,11,14H2,1-3H3. The van der Waals surface area contributed by atoms with Crippen LogP contribution >= 0.6 is 0 Å². The molecule has 9 nitrogen and oxygen atoms in total. The highest BCUT2D eigenvalue weighted by Crippen LogP contribution is 2.30. The molecule has 1 saturated heterocycles. The Labute approximate surface area is 198 Å². The fourth-order valence-corrected chi connectivity index (χ4v) is 4.40. The van der Waals surface area contributed by atoms with Crippen molar-refractivity contribution in [1.29, 1.82) is 5.26 Å². The Hall–Kier alpha value is -4.06. The minimum absolute atomic E-state index is 0.0276. The van der Waals surface area contributed by atoms with E-state index in [1.54, 1.807) is 6.33 Å². The van der Waals surface area contributed by atoms with E-state index in [4.69, 9.17) is 14.7 Å². The monoisotopic (exact) mass is 454 g/mol. The van der Waals surface area contributed by atoms with Gasteiger partial charge in [0.25, 0.3) is 0 Å². The molecule has 5 rings (SSSR count). The van der Waals surface area contributed by atoms with Gasteiger partial charge in [-0.05, 0) is 32.4 Å². The number of ether oxygens (including phenoxy) is 1. The average Bonchev–Trinajstić information content (AvgIpc) is 3.49. The van der Waals surface area contributed by atoms with Crippen molar-refractivity contribution in [2.45, 2.75) is 26.7 Å². The fourth-order valence-electron chi connectivity index (χ4n) is 4.40. The van der Waals surface area contributed by atoms with E-state index in [0.29, 0.717) is 25.4 Å². The van der Waals surface area contributed by atoms with Gasteiger partial charge in [-0.15, -0.1) is 10.2 Å². The highest BCUT2D eigenvalue weighted by molar-refractivity contribution is 5.88. The number of anilines is 1. The van der Waals surface area contributed by atoms with Gasteiger partial charge in [0.15, 0.2) is 11.6 Å². The maximum Gasteiger partial charge on any atom is 0.163 e. The zero-order valence-corrected chi connectivity index (χ0v) is 19.6. The van der Waals surface area contributed by atoms with E-state index in [2.05, 4.69) is 26.2 Å². The molecule has 1 unspecified atom stereocenters. The Bertz CT molecular complexity index is 1390. The van der Waals surface area contributed by atoms with Gasteiger partial charge in [0.1, 0.15) is 23.4 Å². The summed E-state index contributed by atoms with van der Waals surface area (Å²) in [6, 6.07) is 10.4. The second-order valence-electron chi connectivity index (χ2n) is 8.57. The zero-order chi connectivity index (χ0) is 23.7. The first-order chi connectivity index (χ1) is 16.6. The summed E-state index contributed by atoms with van der Waals surface area (Å²) in [7, 11) is 1.92. The summed E-state index contributed by atoms with van der Waals surface area (Å²) in [5.41, 5.74) is 3.68. The number of benzene rings is 1. The SMILES string of the molecule is CCOc1cc(-c2nncn2C)ccc1Cc1ncc2cc(C)nc(N3CCC(C#N)C3)c2n1. The number of pyridine rings is 1. The van der Waals surface area contributed by atoms with Gasteiger partial charge in [0.2, 0.25) is 0 Å². The lowest BCUT2D eigenvalue weighted by Gasteiger charge is -2.19. The molecule has 0 saturated carbocycles. The van der Waals surface area contributed by atoms with Gasteiger partial charge in [0.05, 0.1) is 18.6 Å². The van der Waals surface area contributed by atoms with Crippen molar-refractivity contribution < 1.29 is 4.74 Å².